The van der Waals surface area contributed by atoms with Gasteiger partial charge in [0.05, 0.1) is 27.9 Å². The monoisotopic (exact) mass is 442 g/mol. The number of aromatic nitrogens is 2. The molecule has 31 heavy (non-hydrogen) atoms. The van der Waals surface area contributed by atoms with Crippen molar-refractivity contribution < 1.29 is 23.8 Å². The summed E-state index contributed by atoms with van der Waals surface area (Å²) in [7, 11) is 4.44. The molecule has 162 valence electrons. The number of hydrogen-bond donors (Lipinski definition) is 2. The van der Waals surface area contributed by atoms with Gasteiger partial charge in [0.1, 0.15) is 5.01 Å². The van der Waals surface area contributed by atoms with Crippen molar-refractivity contribution in [3.05, 3.63) is 57.5 Å². The minimum absolute atomic E-state index is 0.116. The normalized spacial score (nSPS) is 10.3. The van der Waals surface area contributed by atoms with Crippen LogP contribution in [-0.4, -0.2) is 43.3 Å². The van der Waals surface area contributed by atoms with E-state index in [4.69, 9.17) is 14.2 Å². The van der Waals surface area contributed by atoms with E-state index in [0.29, 0.717) is 33.5 Å². The highest BCUT2D eigenvalue weighted by Crippen LogP contribution is 2.38. The average Bonchev–Trinajstić information content (AvgIpc) is 3.27. The molecule has 1 heterocycles. The second-order valence-corrected chi connectivity index (χ2v) is 7.48. The molecule has 0 spiro atoms. The molecule has 0 saturated carbocycles. The number of hydrogen-bond acceptors (Lipinski definition) is 8. The van der Waals surface area contributed by atoms with E-state index < -0.39 is 0 Å². The van der Waals surface area contributed by atoms with Crippen LogP contribution >= 0.6 is 11.3 Å². The van der Waals surface area contributed by atoms with Gasteiger partial charge in [-0.25, -0.2) is 0 Å². The summed E-state index contributed by atoms with van der Waals surface area (Å²) < 4.78 is 15.8. The molecule has 0 aliphatic carbocycles. The first kappa shape index (κ1) is 22.0. The summed E-state index contributed by atoms with van der Waals surface area (Å²) in [6.45, 7) is 2.08. The van der Waals surface area contributed by atoms with Gasteiger partial charge in [0.2, 0.25) is 10.8 Å². The van der Waals surface area contributed by atoms with E-state index in [0.717, 1.165) is 16.9 Å². The number of methoxy groups -OCH3 is 3. The van der Waals surface area contributed by atoms with E-state index in [1.54, 1.807) is 12.1 Å². The van der Waals surface area contributed by atoms with Crippen molar-refractivity contribution in [2.45, 2.75) is 13.5 Å². The molecule has 1 aromatic heterocycles. The maximum absolute atomic E-state index is 12.6. The molecular weight excluding hydrogens is 420 g/mol. The number of nitrogens with one attached hydrogen (secondary N) is 2. The Morgan fingerprint density at radius 2 is 1.58 bits per heavy atom. The number of anilines is 1. The number of ether oxygens (including phenoxy) is 3. The fraction of sp³-hybridized carbons (Fsp3) is 0.238. The number of nitrogens with zero attached hydrogens (tertiary/aromatic N) is 2. The molecular formula is C21H22N4O5S. The summed E-state index contributed by atoms with van der Waals surface area (Å²) in [6, 6.07) is 10.5. The van der Waals surface area contributed by atoms with Crippen molar-refractivity contribution in [2.75, 3.05) is 26.6 Å². The predicted octanol–water partition coefficient (Wildman–Crippen LogP) is 3.05. The van der Waals surface area contributed by atoms with Crippen LogP contribution in [0.4, 0.5) is 5.69 Å². The number of carbonyl (C=O) groups is 2. The highest BCUT2D eigenvalue weighted by molar-refractivity contribution is 7.13. The Balaban J connectivity index is 1.64. The van der Waals surface area contributed by atoms with Gasteiger partial charge < -0.3 is 24.8 Å². The molecule has 0 unspecified atom stereocenters. The van der Waals surface area contributed by atoms with Crippen molar-refractivity contribution in [1.29, 1.82) is 0 Å². The Kier molecular flexibility index (Phi) is 7.03. The van der Waals surface area contributed by atoms with E-state index in [2.05, 4.69) is 20.8 Å². The van der Waals surface area contributed by atoms with Gasteiger partial charge in [-0.05, 0) is 31.2 Å². The van der Waals surface area contributed by atoms with Gasteiger partial charge in [0.25, 0.3) is 11.8 Å². The number of amides is 2. The summed E-state index contributed by atoms with van der Waals surface area (Å²) in [5, 5.41) is 14.1. The number of rotatable bonds is 8. The smallest absolute Gasteiger partial charge is 0.286 e. The van der Waals surface area contributed by atoms with Crippen LogP contribution in [0.1, 0.15) is 30.7 Å². The Labute approximate surface area is 183 Å². The van der Waals surface area contributed by atoms with Crippen LogP contribution in [0.5, 0.6) is 17.2 Å². The van der Waals surface area contributed by atoms with Crippen molar-refractivity contribution in [3.8, 4) is 17.2 Å². The lowest BCUT2D eigenvalue weighted by Gasteiger charge is -2.13. The van der Waals surface area contributed by atoms with Crippen molar-refractivity contribution >= 4 is 28.8 Å². The fourth-order valence-electron chi connectivity index (χ4n) is 2.71. The minimum Gasteiger partial charge on any atom is -0.493 e. The van der Waals surface area contributed by atoms with Crippen LogP contribution in [0.15, 0.2) is 36.4 Å². The third-order valence-electron chi connectivity index (χ3n) is 4.30. The molecule has 0 aliphatic heterocycles. The Hall–Kier alpha value is -3.66. The molecule has 9 nitrogen and oxygen atoms in total. The van der Waals surface area contributed by atoms with Gasteiger partial charge in [-0.2, -0.15) is 0 Å². The van der Waals surface area contributed by atoms with Crippen LogP contribution in [0.2, 0.25) is 0 Å². The SMILES string of the molecule is COc1cc(C(=O)NCc2nnc(C(=O)Nc3ccc(C)cc3)s2)cc(OC)c1OC. The molecule has 0 radical (unpaired) electrons. The van der Waals surface area contributed by atoms with E-state index in [9.17, 15) is 9.59 Å². The zero-order valence-corrected chi connectivity index (χ0v) is 18.3. The summed E-state index contributed by atoms with van der Waals surface area (Å²) in [4.78, 5) is 24.9. The Morgan fingerprint density at radius 3 is 2.16 bits per heavy atom. The van der Waals surface area contributed by atoms with Gasteiger partial charge in [0, 0.05) is 11.3 Å². The van der Waals surface area contributed by atoms with Gasteiger partial charge >= 0.3 is 0 Å². The van der Waals surface area contributed by atoms with Crippen molar-refractivity contribution in [3.63, 3.8) is 0 Å². The van der Waals surface area contributed by atoms with Crippen LogP contribution in [0, 0.1) is 6.92 Å². The lowest BCUT2D eigenvalue weighted by Crippen LogP contribution is -2.22. The zero-order chi connectivity index (χ0) is 22.4. The van der Waals surface area contributed by atoms with Crippen LogP contribution < -0.4 is 24.8 Å². The fourth-order valence-corrected chi connectivity index (χ4v) is 3.38. The third kappa shape index (κ3) is 5.28. The molecule has 0 bridgehead atoms. The molecule has 2 N–H and O–H groups in total. The Morgan fingerprint density at radius 1 is 0.935 bits per heavy atom. The average molecular weight is 442 g/mol. The summed E-state index contributed by atoms with van der Waals surface area (Å²) in [5.41, 5.74) is 2.10. The van der Waals surface area contributed by atoms with Crippen LogP contribution in [-0.2, 0) is 6.54 Å². The molecule has 2 amide bonds. The second kappa shape index (κ2) is 9.90. The number of aryl methyl sites for hydroxylation is 1. The molecule has 3 aromatic rings. The maximum Gasteiger partial charge on any atom is 0.286 e. The molecule has 0 fully saturated rings. The Bertz CT molecular complexity index is 1060. The van der Waals surface area contributed by atoms with Gasteiger partial charge in [0.15, 0.2) is 11.5 Å². The maximum atomic E-state index is 12.6. The van der Waals surface area contributed by atoms with Gasteiger partial charge in [-0.3, -0.25) is 9.59 Å². The largest absolute Gasteiger partial charge is 0.493 e. The first-order valence-electron chi connectivity index (χ1n) is 9.23. The molecule has 2 aromatic carbocycles. The highest BCUT2D eigenvalue weighted by Gasteiger charge is 2.18. The summed E-state index contributed by atoms with van der Waals surface area (Å²) in [5.74, 6) is 0.425. The molecule has 0 atom stereocenters. The number of carbonyl (C=O) groups excluding carboxylic acids is 2. The standard InChI is InChI=1S/C21H22N4O5S/c1-12-5-7-14(8-6-12)23-20(27)21-25-24-17(31-21)11-22-19(26)13-9-15(28-2)18(30-4)16(10-13)29-3/h5-10H,11H2,1-4H3,(H,22,26)(H,23,27). The van der Waals surface area contributed by atoms with Crippen molar-refractivity contribution in [1.82, 2.24) is 15.5 Å². The van der Waals surface area contributed by atoms with Gasteiger partial charge in [-0.1, -0.05) is 29.0 Å². The summed E-state index contributed by atoms with van der Waals surface area (Å²) in [6.07, 6.45) is 0. The second-order valence-electron chi connectivity index (χ2n) is 6.42. The van der Waals surface area contributed by atoms with Gasteiger partial charge in [-0.15, -0.1) is 10.2 Å². The van der Waals surface area contributed by atoms with Crippen LogP contribution in [0.3, 0.4) is 0 Å². The highest BCUT2D eigenvalue weighted by atomic mass is 32.1. The lowest BCUT2D eigenvalue weighted by atomic mass is 10.1. The van der Waals surface area contributed by atoms with E-state index in [1.807, 2.05) is 31.2 Å². The predicted molar refractivity (Wildman–Crippen MR) is 116 cm³/mol. The first-order chi connectivity index (χ1) is 14.9. The lowest BCUT2D eigenvalue weighted by molar-refractivity contribution is 0.0949. The minimum atomic E-state index is -0.361. The molecule has 0 saturated heterocycles. The summed E-state index contributed by atoms with van der Waals surface area (Å²) >= 11 is 1.10. The third-order valence-corrected chi connectivity index (χ3v) is 5.22. The van der Waals surface area contributed by atoms with Crippen molar-refractivity contribution in [2.24, 2.45) is 0 Å². The van der Waals surface area contributed by atoms with Crippen LogP contribution in [0.25, 0.3) is 0 Å². The quantitative estimate of drug-likeness (QED) is 0.551. The topological polar surface area (TPSA) is 112 Å². The molecule has 3 rings (SSSR count). The first-order valence-corrected chi connectivity index (χ1v) is 10.1. The van der Waals surface area contributed by atoms with E-state index in [-0.39, 0.29) is 23.4 Å². The molecule has 10 heteroatoms. The zero-order valence-electron chi connectivity index (χ0n) is 17.5. The van der Waals surface area contributed by atoms with E-state index >= 15 is 0 Å². The number of benzene rings is 2. The van der Waals surface area contributed by atoms with E-state index in [1.165, 1.54) is 21.3 Å². The molecule has 0 aliphatic rings.